The topological polar surface area (TPSA) is 54.0 Å². The molecule has 92 valence electrons. The molecule has 0 aliphatic carbocycles. The molecule has 0 radical (unpaired) electrons. The zero-order chi connectivity index (χ0) is 12.3. The number of ether oxygens (including phenoxy) is 4. The molecule has 17 heavy (non-hydrogen) atoms. The third-order valence-corrected chi connectivity index (χ3v) is 2.78. The number of rotatable bonds is 4. The van der Waals surface area contributed by atoms with Crippen molar-refractivity contribution in [2.75, 3.05) is 14.2 Å². The summed E-state index contributed by atoms with van der Waals surface area (Å²) in [7, 11) is 3.21. The molecule has 1 aliphatic rings. The van der Waals surface area contributed by atoms with Gasteiger partial charge < -0.3 is 18.9 Å². The molecule has 1 aromatic carbocycles. The van der Waals surface area contributed by atoms with Crippen molar-refractivity contribution in [3.63, 3.8) is 0 Å². The van der Waals surface area contributed by atoms with Gasteiger partial charge in [-0.2, -0.15) is 0 Å². The fraction of sp³-hybridized carbons (Fsp3) is 0.417. The number of hydrogen-bond donors (Lipinski definition) is 0. The van der Waals surface area contributed by atoms with Crippen LogP contribution in [0.2, 0.25) is 0 Å². The van der Waals surface area contributed by atoms with E-state index < -0.39 is 6.29 Å². The number of carbonyl (C=O) groups is 1. The normalized spacial score (nSPS) is 18.1. The molecule has 0 saturated heterocycles. The van der Waals surface area contributed by atoms with E-state index in [0.717, 1.165) is 22.6 Å². The summed E-state index contributed by atoms with van der Waals surface area (Å²) in [5, 5.41) is 0. The summed E-state index contributed by atoms with van der Waals surface area (Å²) in [6.07, 6.45) is -0.0879. The molecule has 1 heterocycles. The van der Waals surface area contributed by atoms with Crippen molar-refractivity contribution in [2.45, 2.75) is 19.3 Å². The lowest BCUT2D eigenvalue weighted by atomic mass is 10.00. The lowest BCUT2D eigenvalue weighted by molar-refractivity contribution is -0.169. The van der Waals surface area contributed by atoms with E-state index in [0.29, 0.717) is 19.5 Å². The first-order valence-electron chi connectivity index (χ1n) is 5.23. The molecule has 1 atom stereocenters. The largest absolute Gasteiger partial charge is 0.496 e. The Bertz CT molecular complexity index is 416. The highest BCUT2D eigenvalue weighted by atomic mass is 16.7. The number of benzene rings is 1. The minimum Gasteiger partial charge on any atom is -0.496 e. The minimum absolute atomic E-state index is 0.341. The predicted octanol–water partition coefficient (Wildman–Crippen LogP) is 1.28. The SMILES string of the molecule is COc1ccc(OC)c2c1COC(OC=O)C2. The summed E-state index contributed by atoms with van der Waals surface area (Å²) in [6, 6.07) is 3.67. The second-order valence-electron chi connectivity index (χ2n) is 3.60. The second-order valence-corrected chi connectivity index (χ2v) is 3.60. The van der Waals surface area contributed by atoms with Crippen LogP contribution < -0.4 is 9.47 Å². The first-order valence-corrected chi connectivity index (χ1v) is 5.23. The zero-order valence-electron chi connectivity index (χ0n) is 9.76. The summed E-state index contributed by atoms with van der Waals surface area (Å²) in [5.41, 5.74) is 1.91. The summed E-state index contributed by atoms with van der Waals surface area (Å²) >= 11 is 0. The summed E-state index contributed by atoms with van der Waals surface area (Å²) in [6.45, 7) is 0.733. The maximum atomic E-state index is 10.3. The van der Waals surface area contributed by atoms with Gasteiger partial charge in [0.1, 0.15) is 11.5 Å². The van der Waals surface area contributed by atoms with E-state index in [4.69, 9.17) is 18.9 Å². The van der Waals surface area contributed by atoms with Gasteiger partial charge in [0.05, 0.1) is 20.8 Å². The fourth-order valence-electron chi connectivity index (χ4n) is 1.97. The van der Waals surface area contributed by atoms with Crippen LogP contribution in [0.25, 0.3) is 0 Å². The van der Waals surface area contributed by atoms with E-state index in [1.165, 1.54) is 0 Å². The predicted molar refractivity (Wildman–Crippen MR) is 59.0 cm³/mol. The van der Waals surface area contributed by atoms with Crippen molar-refractivity contribution in [2.24, 2.45) is 0 Å². The van der Waals surface area contributed by atoms with Crippen LogP contribution in [0.1, 0.15) is 11.1 Å². The number of methoxy groups -OCH3 is 2. The van der Waals surface area contributed by atoms with Crippen molar-refractivity contribution in [3.8, 4) is 11.5 Å². The van der Waals surface area contributed by atoms with Crippen LogP contribution >= 0.6 is 0 Å². The van der Waals surface area contributed by atoms with E-state index in [1.807, 2.05) is 12.1 Å². The van der Waals surface area contributed by atoms with Crippen molar-refractivity contribution >= 4 is 6.47 Å². The average Bonchev–Trinajstić information content (AvgIpc) is 2.37. The van der Waals surface area contributed by atoms with E-state index >= 15 is 0 Å². The zero-order valence-corrected chi connectivity index (χ0v) is 9.76. The molecule has 0 amide bonds. The van der Waals surface area contributed by atoms with Gasteiger partial charge in [0.25, 0.3) is 6.47 Å². The number of carbonyl (C=O) groups excluding carboxylic acids is 1. The van der Waals surface area contributed by atoms with Gasteiger partial charge >= 0.3 is 0 Å². The van der Waals surface area contributed by atoms with Crippen molar-refractivity contribution < 1.29 is 23.7 Å². The Kier molecular flexibility index (Phi) is 3.49. The van der Waals surface area contributed by atoms with Gasteiger partial charge in [-0.05, 0) is 12.1 Å². The van der Waals surface area contributed by atoms with Crippen LogP contribution in [0.3, 0.4) is 0 Å². The highest BCUT2D eigenvalue weighted by Crippen LogP contribution is 2.35. The van der Waals surface area contributed by atoms with Gasteiger partial charge in [0.2, 0.25) is 6.29 Å². The van der Waals surface area contributed by atoms with Crippen LogP contribution in [0.5, 0.6) is 11.5 Å². The van der Waals surface area contributed by atoms with Crippen LogP contribution in [0.4, 0.5) is 0 Å². The van der Waals surface area contributed by atoms with Crippen LogP contribution in [0.15, 0.2) is 12.1 Å². The summed E-state index contributed by atoms with van der Waals surface area (Å²) in [5.74, 6) is 1.51. The minimum atomic E-state index is -0.555. The maximum absolute atomic E-state index is 10.3. The molecule has 2 rings (SSSR count). The van der Waals surface area contributed by atoms with Crippen molar-refractivity contribution in [1.29, 1.82) is 0 Å². The van der Waals surface area contributed by atoms with Gasteiger partial charge in [-0.25, -0.2) is 0 Å². The third-order valence-electron chi connectivity index (χ3n) is 2.78. The lowest BCUT2D eigenvalue weighted by Gasteiger charge is -2.26. The fourth-order valence-corrected chi connectivity index (χ4v) is 1.97. The molecule has 1 unspecified atom stereocenters. The highest BCUT2D eigenvalue weighted by Gasteiger charge is 2.25. The summed E-state index contributed by atoms with van der Waals surface area (Å²) in [4.78, 5) is 10.3. The smallest absolute Gasteiger partial charge is 0.295 e. The van der Waals surface area contributed by atoms with Crippen molar-refractivity contribution in [3.05, 3.63) is 23.3 Å². The first-order chi connectivity index (χ1) is 8.30. The molecule has 0 N–H and O–H groups in total. The van der Waals surface area contributed by atoms with Crippen molar-refractivity contribution in [1.82, 2.24) is 0 Å². The van der Waals surface area contributed by atoms with Gasteiger partial charge in [0.15, 0.2) is 0 Å². The maximum Gasteiger partial charge on any atom is 0.295 e. The van der Waals surface area contributed by atoms with Gasteiger partial charge in [-0.1, -0.05) is 0 Å². The highest BCUT2D eigenvalue weighted by molar-refractivity contribution is 5.49. The van der Waals surface area contributed by atoms with Gasteiger partial charge in [0, 0.05) is 17.5 Å². The van der Waals surface area contributed by atoms with Crippen LogP contribution in [-0.4, -0.2) is 27.0 Å². The Labute approximate surface area is 99.2 Å². The molecule has 1 aliphatic heterocycles. The van der Waals surface area contributed by atoms with E-state index in [9.17, 15) is 4.79 Å². The molecule has 0 aromatic heterocycles. The second kappa shape index (κ2) is 5.05. The molecule has 0 bridgehead atoms. The number of fused-ring (bicyclic) bond motifs is 1. The van der Waals surface area contributed by atoms with Crippen LogP contribution in [-0.2, 0) is 27.3 Å². The Morgan fingerprint density at radius 2 is 1.88 bits per heavy atom. The molecular weight excluding hydrogens is 224 g/mol. The summed E-state index contributed by atoms with van der Waals surface area (Å²) < 4.78 is 20.8. The average molecular weight is 238 g/mol. The quantitative estimate of drug-likeness (QED) is 0.739. The first kappa shape index (κ1) is 11.7. The Balaban J connectivity index is 2.36. The molecule has 5 heteroatoms. The Morgan fingerprint density at radius 1 is 1.24 bits per heavy atom. The van der Waals surface area contributed by atoms with E-state index in [-0.39, 0.29) is 0 Å². The van der Waals surface area contributed by atoms with Crippen LogP contribution in [0, 0.1) is 0 Å². The molecule has 0 saturated carbocycles. The number of hydrogen-bond acceptors (Lipinski definition) is 5. The van der Waals surface area contributed by atoms with E-state index in [2.05, 4.69) is 0 Å². The Morgan fingerprint density at radius 3 is 2.47 bits per heavy atom. The molecular formula is C12H14O5. The molecule has 5 nitrogen and oxygen atoms in total. The van der Waals surface area contributed by atoms with Gasteiger partial charge in [-0.15, -0.1) is 0 Å². The Hall–Kier alpha value is -1.75. The monoisotopic (exact) mass is 238 g/mol. The van der Waals surface area contributed by atoms with Gasteiger partial charge in [-0.3, -0.25) is 4.79 Å². The molecule has 0 fully saturated rings. The van der Waals surface area contributed by atoms with E-state index in [1.54, 1.807) is 14.2 Å². The molecule has 1 aromatic rings. The molecule has 0 spiro atoms. The third kappa shape index (κ3) is 2.19. The standard InChI is InChI=1S/C12H14O5/c1-14-10-3-4-11(15-2)9-6-16-12(17-7-13)5-8(9)10/h3-4,7,12H,5-6H2,1-2H3. The lowest BCUT2D eigenvalue weighted by Crippen LogP contribution is -2.25.